The smallest absolute Gasteiger partial charge is 0.336 e. The van der Waals surface area contributed by atoms with Crippen LogP contribution in [-0.4, -0.2) is 36.0 Å². The number of carboxylic acid groups (broad SMARTS) is 1. The van der Waals surface area contributed by atoms with Crippen LogP contribution in [0.15, 0.2) is 105 Å². The number of rotatable bonds is 14. The fraction of sp³-hybridized carbons (Fsp3) is 0.240. The molecule has 310 valence electrons. The lowest BCUT2D eigenvalue weighted by Gasteiger charge is -2.28. The Labute approximate surface area is 363 Å². The Kier molecular flexibility index (Phi) is 12.0. The SMILES string of the molecule is Cc1cc2c(-c3c(C)c(C)c(C)c(C)c3C(=O)O)c3cc(C)c(=O)c(CN(Cc4ccccn4)Cc4cccs4)c-3oc2c(CN(Cc2ccccn2)Cc2cccs2)c1O. The normalized spacial score (nSPS) is 11.7. The summed E-state index contributed by atoms with van der Waals surface area (Å²) < 4.78 is 7.15. The number of fused-ring (bicyclic) bond motifs is 2. The molecule has 4 aromatic heterocycles. The van der Waals surface area contributed by atoms with Gasteiger partial charge in [-0.05, 0) is 134 Å². The van der Waals surface area contributed by atoms with Gasteiger partial charge in [0.25, 0.3) is 0 Å². The Hall–Kier alpha value is -5.98. The molecule has 0 bridgehead atoms. The van der Waals surface area contributed by atoms with Gasteiger partial charge in [-0.15, -0.1) is 22.7 Å². The summed E-state index contributed by atoms with van der Waals surface area (Å²) in [5.74, 6) is -0.597. The summed E-state index contributed by atoms with van der Waals surface area (Å²) in [5.41, 5.74) is 9.62. The van der Waals surface area contributed by atoms with Gasteiger partial charge in [0.2, 0.25) is 0 Å². The van der Waals surface area contributed by atoms with Crippen LogP contribution in [0.5, 0.6) is 5.75 Å². The quantitative estimate of drug-likeness (QED) is 0.103. The van der Waals surface area contributed by atoms with Crippen molar-refractivity contribution < 1.29 is 19.4 Å². The third kappa shape index (κ3) is 8.39. The summed E-state index contributed by atoms with van der Waals surface area (Å²) in [6.45, 7) is 14.1. The van der Waals surface area contributed by atoms with Gasteiger partial charge in [0.15, 0.2) is 5.43 Å². The standard InChI is InChI=1S/C50H48N4O5S2/c1-29-21-39-45(43-33(5)31(3)32(4)34(6)44(43)50(57)58)40-22-30(2)47(56)42(28-54(26-38-16-12-20-61-38)24-36-14-8-10-18-52-36)49(40)59-48(39)41(46(29)55)27-53(25-37-15-11-19-60-37)23-35-13-7-9-17-51-35/h7-22,55H,23-28H2,1-6H3,(H,57,58). The third-order valence-electron chi connectivity index (χ3n) is 11.9. The molecule has 0 saturated heterocycles. The van der Waals surface area contributed by atoms with Crippen LogP contribution in [0, 0.1) is 41.5 Å². The molecule has 0 amide bonds. The van der Waals surface area contributed by atoms with Gasteiger partial charge >= 0.3 is 5.97 Å². The van der Waals surface area contributed by atoms with Crippen molar-refractivity contribution in [2.45, 2.75) is 80.8 Å². The van der Waals surface area contributed by atoms with Gasteiger partial charge in [-0.3, -0.25) is 24.6 Å². The molecule has 8 rings (SSSR count). The molecular formula is C50H48N4O5S2. The van der Waals surface area contributed by atoms with Gasteiger partial charge in [-0.1, -0.05) is 24.3 Å². The number of pyridine rings is 2. The van der Waals surface area contributed by atoms with Gasteiger partial charge in [0.1, 0.15) is 17.1 Å². The van der Waals surface area contributed by atoms with E-state index in [1.165, 1.54) is 0 Å². The van der Waals surface area contributed by atoms with E-state index < -0.39 is 5.97 Å². The van der Waals surface area contributed by atoms with Crippen molar-refractivity contribution in [1.82, 2.24) is 19.8 Å². The highest BCUT2D eigenvalue weighted by molar-refractivity contribution is 7.10. The molecule has 0 atom stereocenters. The maximum atomic E-state index is 14.7. The van der Waals surface area contributed by atoms with Crippen LogP contribution in [0.3, 0.4) is 0 Å². The fourth-order valence-corrected chi connectivity index (χ4v) is 9.98. The number of aromatic hydroxyl groups is 1. The molecule has 61 heavy (non-hydrogen) atoms. The summed E-state index contributed by atoms with van der Waals surface area (Å²) in [6.07, 6.45) is 3.55. The molecule has 11 heteroatoms. The van der Waals surface area contributed by atoms with E-state index in [2.05, 4.69) is 37.3 Å². The highest BCUT2D eigenvalue weighted by Gasteiger charge is 2.32. The number of thiophene rings is 2. The molecular weight excluding hydrogens is 801 g/mol. The van der Waals surface area contributed by atoms with Gasteiger partial charge in [-0.2, -0.15) is 0 Å². The summed E-state index contributed by atoms with van der Waals surface area (Å²) in [4.78, 5) is 44.1. The van der Waals surface area contributed by atoms with Gasteiger partial charge in [0.05, 0.1) is 28.1 Å². The average molecular weight is 849 g/mol. The Morgan fingerprint density at radius 3 is 1.75 bits per heavy atom. The molecule has 0 spiro atoms. The lowest BCUT2D eigenvalue weighted by molar-refractivity contribution is 0.0696. The largest absolute Gasteiger partial charge is 0.507 e. The fourth-order valence-electron chi connectivity index (χ4n) is 8.48. The molecule has 2 N–H and O–H groups in total. The van der Waals surface area contributed by atoms with Gasteiger partial charge in [-0.25, -0.2) is 4.79 Å². The first-order valence-corrected chi connectivity index (χ1v) is 22.0. The molecule has 0 fully saturated rings. The number of phenols is 1. The minimum atomic E-state index is -1.04. The summed E-state index contributed by atoms with van der Waals surface area (Å²) >= 11 is 3.31. The molecule has 6 aromatic rings. The molecule has 9 nitrogen and oxygen atoms in total. The monoisotopic (exact) mass is 848 g/mol. The van der Waals surface area contributed by atoms with Gasteiger partial charge < -0.3 is 14.6 Å². The van der Waals surface area contributed by atoms with Crippen molar-refractivity contribution in [3.8, 4) is 28.2 Å². The average Bonchev–Trinajstić information content (AvgIpc) is 3.97. The van der Waals surface area contributed by atoms with Crippen molar-refractivity contribution in [3.05, 3.63) is 177 Å². The number of benzene rings is 3. The maximum Gasteiger partial charge on any atom is 0.336 e. The second-order valence-electron chi connectivity index (χ2n) is 15.9. The van der Waals surface area contributed by atoms with E-state index >= 15 is 0 Å². The van der Waals surface area contributed by atoms with E-state index in [1.807, 2.05) is 108 Å². The number of carbonyl (C=O) groups is 1. The predicted octanol–water partition coefficient (Wildman–Crippen LogP) is 11.1. The van der Waals surface area contributed by atoms with E-state index in [0.29, 0.717) is 87.4 Å². The molecule has 0 unspecified atom stereocenters. The topological polar surface area (TPSA) is 120 Å². The highest BCUT2D eigenvalue weighted by atomic mass is 32.1. The van der Waals surface area contributed by atoms with Crippen LogP contribution in [0.25, 0.3) is 33.4 Å². The second kappa shape index (κ2) is 17.6. The Bertz CT molecular complexity index is 2890. The van der Waals surface area contributed by atoms with Crippen LogP contribution in [0.2, 0.25) is 0 Å². The van der Waals surface area contributed by atoms with Crippen LogP contribution >= 0.6 is 22.7 Å². The zero-order valence-corrected chi connectivity index (χ0v) is 36.8. The van der Waals surface area contributed by atoms with Crippen molar-refractivity contribution in [3.63, 3.8) is 0 Å². The molecule has 2 aromatic carbocycles. The maximum absolute atomic E-state index is 14.7. The van der Waals surface area contributed by atoms with Crippen LogP contribution in [0.4, 0.5) is 0 Å². The molecule has 0 saturated carbocycles. The van der Waals surface area contributed by atoms with E-state index in [1.54, 1.807) is 35.1 Å². The molecule has 2 aliphatic rings. The summed E-state index contributed by atoms with van der Waals surface area (Å²) in [6, 6.07) is 23.6. The number of aryl methyl sites for hydroxylation is 2. The number of phenolic OH excluding ortho intramolecular Hbond substituents is 1. The highest BCUT2D eigenvalue weighted by Crippen LogP contribution is 2.48. The zero-order valence-electron chi connectivity index (χ0n) is 35.2. The lowest BCUT2D eigenvalue weighted by atomic mass is 9.81. The Balaban J connectivity index is 1.43. The molecule has 1 aliphatic heterocycles. The number of hydrogen-bond acceptors (Lipinski definition) is 10. The lowest BCUT2D eigenvalue weighted by Crippen LogP contribution is -2.27. The van der Waals surface area contributed by atoms with Crippen molar-refractivity contribution in [2.75, 3.05) is 0 Å². The van der Waals surface area contributed by atoms with Gasteiger partial charge in [0, 0.05) is 83.5 Å². The number of hydrogen-bond donors (Lipinski definition) is 2. The number of carboxylic acids is 1. The van der Waals surface area contributed by atoms with E-state index in [0.717, 1.165) is 37.8 Å². The first-order chi connectivity index (χ1) is 29.4. The number of aromatic carboxylic acids is 1. The number of nitrogens with zero attached hydrogens (tertiary/aromatic N) is 4. The minimum absolute atomic E-state index is 0.0793. The molecule has 1 aliphatic carbocycles. The van der Waals surface area contributed by atoms with E-state index in [9.17, 15) is 19.8 Å². The van der Waals surface area contributed by atoms with Crippen LogP contribution in [-0.2, 0) is 39.3 Å². The van der Waals surface area contributed by atoms with Crippen molar-refractivity contribution in [1.29, 1.82) is 0 Å². The number of aromatic nitrogens is 2. The first-order valence-electron chi connectivity index (χ1n) is 20.3. The zero-order chi connectivity index (χ0) is 42.9. The molecule has 5 heterocycles. The third-order valence-corrected chi connectivity index (χ3v) is 13.6. The Morgan fingerprint density at radius 2 is 1.23 bits per heavy atom. The van der Waals surface area contributed by atoms with Crippen LogP contribution in [0.1, 0.15) is 76.0 Å². The predicted molar refractivity (Wildman–Crippen MR) is 245 cm³/mol. The van der Waals surface area contributed by atoms with E-state index in [4.69, 9.17) is 4.42 Å². The van der Waals surface area contributed by atoms with Crippen molar-refractivity contribution in [2.24, 2.45) is 0 Å². The summed E-state index contributed by atoms with van der Waals surface area (Å²) in [7, 11) is 0. The van der Waals surface area contributed by atoms with Crippen molar-refractivity contribution >= 4 is 39.6 Å². The van der Waals surface area contributed by atoms with E-state index in [-0.39, 0.29) is 29.8 Å². The second-order valence-corrected chi connectivity index (χ2v) is 18.0. The van der Waals surface area contributed by atoms with Crippen LogP contribution < -0.4 is 5.43 Å². The Morgan fingerprint density at radius 1 is 0.656 bits per heavy atom. The minimum Gasteiger partial charge on any atom is -0.507 e. The summed E-state index contributed by atoms with van der Waals surface area (Å²) in [5, 5.41) is 27.9. The molecule has 0 radical (unpaired) electrons. The first kappa shape index (κ1) is 41.7.